The van der Waals surface area contributed by atoms with Gasteiger partial charge in [-0.3, -0.25) is 0 Å². The molecular formula is C24H23ClN8. The van der Waals surface area contributed by atoms with Gasteiger partial charge in [0.2, 0.25) is 5.28 Å². The van der Waals surface area contributed by atoms with E-state index in [1.807, 2.05) is 28.9 Å². The molecule has 33 heavy (non-hydrogen) atoms. The normalized spacial score (nSPS) is 11.2. The van der Waals surface area contributed by atoms with Crippen molar-refractivity contribution in [2.24, 2.45) is 0 Å². The van der Waals surface area contributed by atoms with E-state index in [2.05, 4.69) is 84.7 Å². The van der Waals surface area contributed by atoms with Crippen LogP contribution in [0.25, 0.3) is 28.5 Å². The molecule has 0 fully saturated rings. The molecule has 0 spiro atoms. The van der Waals surface area contributed by atoms with Crippen LogP contribution in [-0.4, -0.2) is 40.0 Å². The zero-order chi connectivity index (χ0) is 22.6. The first-order chi connectivity index (χ1) is 16.2. The van der Waals surface area contributed by atoms with Crippen molar-refractivity contribution in [3.63, 3.8) is 0 Å². The summed E-state index contributed by atoms with van der Waals surface area (Å²) in [6.45, 7) is 2.78. The Hall–Kier alpha value is -3.78. The summed E-state index contributed by atoms with van der Waals surface area (Å²) in [4.78, 5) is 4.38. The summed E-state index contributed by atoms with van der Waals surface area (Å²) in [6, 6.07) is 22.8. The predicted molar refractivity (Wildman–Crippen MR) is 127 cm³/mol. The van der Waals surface area contributed by atoms with Crippen LogP contribution in [0.4, 0.5) is 0 Å². The SMILES string of the molecule is CCCCc1nc(Cl)nn1Cc1ccc(-n2c(-c3ccccc3)ccc2-c2nnn[nH]2)cc1. The standard InChI is InChI=1S/C24H23ClN8/c1-2-3-9-22-26-24(25)29-32(22)16-17-10-12-19(13-11-17)33-20(18-7-5-4-6-8-18)14-15-21(33)23-27-30-31-28-23/h4-8,10-15H,2-3,9,16H2,1H3,(H,27,28,30,31). The van der Waals surface area contributed by atoms with Gasteiger partial charge in [-0.2, -0.15) is 0 Å². The van der Waals surface area contributed by atoms with E-state index >= 15 is 0 Å². The third-order valence-corrected chi connectivity index (χ3v) is 5.70. The smallest absolute Gasteiger partial charge is 0.242 e. The van der Waals surface area contributed by atoms with E-state index < -0.39 is 0 Å². The van der Waals surface area contributed by atoms with E-state index in [1.165, 1.54) is 0 Å². The third-order valence-electron chi connectivity index (χ3n) is 5.54. The number of hydrogen-bond acceptors (Lipinski definition) is 5. The molecule has 9 heteroatoms. The second kappa shape index (κ2) is 9.38. The molecule has 0 unspecified atom stereocenters. The van der Waals surface area contributed by atoms with Crippen LogP contribution in [0.2, 0.25) is 5.28 Å². The van der Waals surface area contributed by atoms with Gasteiger partial charge in [0.25, 0.3) is 0 Å². The molecule has 0 bridgehead atoms. The molecule has 3 heterocycles. The lowest BCUT2D eigenvalue weighted by Gasteiger charge is -2.14. The van der Waals surface area contributed by atoms with Crippen LogP contribution in [0.15, 0.2) is 66.7 Å². The number of nitrogens with zero attached hydrogens (tertiary/aromatic N) is 7. The molecule has 0 aliphatic carbocycles. The quantitative estimate of drug-likeness (QED) is 0.355. The molecule has 0 saturated carbocycles. The Morgan fingerprint density at radius 2 is 1.73 bits per heavy atom. The Labute approximate surface area is 196 Å². The molecule has 5 aromatic rings. The van der Waals surface area contributed by atoms with Gasteiger partial charge in [0.1, 0.15) is 5.82 Å². The number of tetrazole rings is 1. The lowest BCUT2D eigenvalue weighted by atomic mass is 10.1. The molecule has 0 aliphatic heterocycles. The fourth-order valence-electron chi connectivity index (χ4n) is 3.92. The average molecular weight is 459 g/mol. The van der Waals surface area contributed by atoms with Crippen LogP contribution in [0.1, 0.15) is 31.2 Å². The molecule has 5 rings (SSSR count). The minimum atomic E-state index is 0.294. The second-order valence-corrected chi connectivity index (χ2v) is 8.12. The van der Waals surface area contributed by atoms with Crippen molar-refractivity contribution in [2.45, 2.75) is 32.7 Å². The largest absolute Gasteiger partial charge is 0.306 e. The Morgan fingerprint density at radius 1 is 0.939 bits per heavy atom. The highest BCUT2D eigenvalue weighted by molar-refractivity contribution is 6.28. The maximum atomic E-state index is 6.08. The highest BCUT2D eigenvalue weighted by atomic mass is 35.5. The van der Waals surface area contributed by atoms with E-state index in [4.69, 9.17) is 11.6 Å². The van der Waals surface area contributed by atoms with E-state index in [9.17, 15) is 0 Å². The summed E-state index contributed by atoms with van der Waals surface area (Å²) in [5, 5.41) is 19.2. The number of H-pyrrole nitrogens is 1. The molecule has 3 aromatic heterocycles. The molecule has 0 radical (unpaired) electrons. The Kier molecular flexibility index (Phi) is 5.99. The van der Waals surface area contributed by atoms with Crippen LogP contribution < -0.4 is 0 Å². The van der Waals surface area contributed by atoms with Gasteiger partial charge in [-0.1, -0.05) is 55.8 Å². The summed E-state index contributed by atoms with van der Waals surface area (Å²) in [5.74, 6) is 1.53. The first kappa shape index (κ1) is 21.1. The van der Waals surface area contributed by atoms with Gasteiger partial charge in [0.05, 0.1) is 17.9 Å². The van der Waals surface area contributed by atoms with Crippen molar-refractivity contribution < 1.29 is 0 Å². The van der Waals surface area contributed by atoms with Crippen LogP contribution in [0, 0.1) is 0 Å². The van der Waals surface area contributed by atoms with Crippen molar-refractivity contribution in [3.8, 4) is 28.5 Å². The Balaban J connectivity index is 1.49. The van der Waals surface area contributed by atoms with Crippen LogP contribution in [0.3, 0.4) is 0 Å². The number of halogens is 1. The number of rotatable bonds is 8. The topological polar surface area (TPSA) is 90.1 Å². The second-order valence-electron chi connectivity index (χ2n) is 7.78. The molecule has 2 aromatic carbocycles. The highest BCUT2D eigenvalue weighted by Gasteiger charge is 2.16. The molecule has 0 aliphatic rings. The van der Waals surface area contributed by atoms with Gasteiger partial charge in [-0.05, 0) is 63.8 Å². The number of unbranched alkanes of at least 4 members (excludes halogenated alkanes) is 1. The zero-order valence-corrected chi connectivity index (χ0v) is 18.9. The van der Waals surface area contributed by atoms with Crippen molar-refractivity contribution >= 4 is 11.6 Å². The van der Waals surface area contributed by atoms with E-state index in [0.29, 0.717) is 17.7 Å². The lowest BCUT2D eigenvalue weighted by Crippen LogP contribution is -2.07. The Bertz CT molecular complexity index is 1320. The molecule has 166 valence electrons. The lowest BCUT2D eigenvalue weighted by molar-refractivity contribution is 0.618. The van der Waals surface area contributed by atoms with E-state index in [-0.39, 0.29) is 0 Å². The maximum Gasteiger partial charge on any atom is 0.242 e. The zero-order valence-electron chi connectivity index (χ0n) is 18.2. The van der Waals surface area contributed by atoms with Crippen LogP contribution >= 0.6 is 11.6 Å². The monoisotopic (exact) mass is 458 g/mol. The number of aromatic nitrogens is 8. The van der Waals surface area contributed by atoms with Crippen molar-refractivity contribution in [1.82, 2.24) is 40.0 Å². The van der Waals surface area contributed by atoms with Gasteiger partial charge in [0, 0.05) is 12.1 Å². The first-order valence-electron chi connectivity index (χ1n) is 10.9. The summed E-state index contributed by atoms with van der Waals surface area (Å²) in [6.07, 6.45) is 3.03. The minimum Gasteiger partial charge on any atom is -0.306 e. The number of nitrogens with one attached hydrogen (secondary N) is 1. The molecule has 0 amide bonds. The molecule has 0 atom stereocenters. The van der Waals surface area contributed by atoms with Gasteiger partial charge < -0.3 is 4.57 Å². The maximum absolute atomic E-state index is 6.08. The minimum absolute atomic E-state index is 0.294. The highest BCUT2D eigenvalue weighted by Crippen LogP contribution is 2.30. The molecular weight excluding hydrogens is 436 g/mol. The molecule has 1 N–H and O–H groups in total. The van der Waals surface area contributed by atoms with E-state index in [1.54, 1.807) is 0 Å². The van der Waals surface area contributed by atoms with Gasteiger partial charge in [-0.15, -0.1) is 10.2 Å². The number of aromatic amines is 1. The van der Waals surface area contributed by atoms with Gasteiger partial charge >= 0.3 is 0 Å². The van der Waals surface area contributed by atoms with Gasteiger partial charge in [0.15, 0.2) is 5.82 Å². The number of hydrogen-bond donors (Lipinski definition) is 1. The third kappa shape index (κ3) is 4.42. The summed E-state index contributed by atoms with van der Waals surface area (Å²) >= 11 is 6.08. The van der Waals surface area contributed by atoms with Gasteiger partial charge in [-0.25, -0.2) is 14.8 Å². The molecule has 8 nitrogen and oxygen atoms in total. The van der Waals surface area contributed by atoms with Crippen molar-refractivity contribution in [3.05, 3.63) is 83.4 Å². The van der Waals surface area contributed by atoms with Crippen molar-refractivity contribution in [1.29, 1.82) is 0 Å². The number of benzene rings is 2. The number of aryl methyl sites for hydroxylation is 1. The summed E-state index contributed by atoms with van der Waals surface area (Å²) in [5.41, 5.74) is 5.18. The fourth-order valence-corrected chi connectivity index (χ4v) is 4.10. The van der Waals surface area contributed by atoms with Crippen LogP contribution in [0.5, 0.6) is 0 Å². The predicted octanol–water partition coefficient (Wildman–Crippen LogP) is 4.96. The average Bonchev–Trinajstić information content (AvgIpc) is 3.59. The Morgan fingerprint density at radius 3 is 2.45 bits per heavy atom. The first-order valence-corrected chi connectivity index (χ1v) is 11.3. The van der Waals surface area contributed by atoms with Crippen LogP contribution in [-0.2, 0) is 13.0 Å². The fraction of sp³-hybridized carbons (Fsp3) is 0.208. The summed E-state index contributed by atoms with van der Waals surface area (Å²) < 4.78 is 4.05. The summed E-state index contributed by atoms with van der Waals surface area (Å²) in [7, 11) is 0. The van der Waals surface area contributed by atoms with E-state index in [0.717, 1.165) is 53.3 Å². The van der Waals surface area contributed by atoms with Crippen molar-refractivity contribution in [2.75, 3.05) is 0 Å². The molecule has 0 saturated heterocycles.